The Morgan fingerprint density at radius 3 is 2.66 bits per heavy atom. The fourth-order valence-corrected chi connectivity index (χ4v) is 4.10. The van der Waals surface area contributed by atoms with Gasteiger partial charge in [0.2, 0.25) is 0 Å². The molecule has 0 spiro atoms. The van der Waals surface area contributed by atoms with Crippen LogP contribution in [0.15, 0.2) is 76.8 Å². The number of hydrogen-bond donors (Lipinski definition) is 4. The number of thioether (sulfide) groups is 1. The van der Waals surface area contributed by atoms with E-state index in [0.717, 1.165) is 27.4 Å². The Hall–Kier alpha value is -2.88. The molecule has 1 aromatic heterocycles. The molecule has 1 atom stereocenters. The average molecular weight is 426 g/mol. The van der Waals surface area contributed by atoms with Gasteiger partial charge in [-0.25, -0.2) is 9.48 Å². The summed E-state index contributed by atoms with van der Waals surface area (Å²) >= 11 is 2.59. The Morgan fingerprint density at radius 2 is 2.00 bits per heavy atom. The second-order valence-corrected chi connectivity index (χ2v) is 7.98. The monoisotopic (exact) mass is 425 g/mol. The van der Waals surface area contributed by atoms with E-state index >= 15 is 0 Å². The van der Waals surface area contributed by atoms with Crippen LogP contribution in [0.1, 0.15) is 11.1 Å². The Labute approximate surface area is 176 Å². The summed E-state index contributed by atoms with van der Waals surface area (Å²) in [6.45, 7) is 0.579. The zero-order valence-corrected chi connectivity index (χ0v) is 16.9. The summed E-state index contributed by atoms with van der Waals surface area (Å²) in [7, 11) is 0. The van der Waals surface area contributed by atoms with Crippen LogP contribution in [0.4, 0.5) is 5.69 Å². The molecule has 1 aliphatic rings. The maximum atomic E-state index is 11.2. The van der Waals surface area contributed by atoms with Gasteiger partial charge in [0, 0.05) is 39.9 Å². The Bertz CT molecular complexity index is 1030. The Morgan fingerprint density at radius 1 is 1.24 bits per heavy atom. The number of carboxylic acid groups (broad SMARTS) is 1. The van der Waals surface area contributed by atoms with E-state index in [0.29, 0.717) is 6.54 Å². The van der Waals surface area contributed by atoms with Gasteiger partial charge in [0.1, 0.15) is 5.70 Å². The van der Waals surface area contributed by atoms with Crippen molar-refractivity contribution in [2.45, 2.75) is 16.9 Å². The minimum absolute atomic E-state index is 0.175. The maximum absolute atomic E-state index is 11.2. The normalized spacial score (nSPS) is 15.6. The van der Waals surface area contributed by atoms with Gasteiger partial charge in [0.15, 0.2) is 5.50 Å². The van der Waals surface area contributed by atoms with Gasteiger partial charge >= 0.3 is 5.97 Å². The molecule has 0 amide bonds. The summed E-state index contributed by atoms with van der Waals surface area (Å²) in [5, 5.41) is 27.5. The first-order chi connectivity index (χ1) is 14.1. The quantitative estimate of drug-likeness (QED) is 0.423. The van der Waals surface area contributed by atoms with E-state index in [1.165, 1.54) is 23.7 Å². The molecule has 1 unspecified atom stereocenters. The first-order valence-corrected chi connectivity index (χ1v) is 10.7. The van der Waals surface area contributed by atoms with Crippen LogP contribution in [0.2, 0.25) is 0 Å². The minimum Gasteiger partial charge on any atom is -0.477 e. The van der Waals surface area contributed by atoms with Crippen LogP contribution in [0.5, 0.6) is 0 Å². The smallest absolute Gasteiger partial charge is 0.352 e. The third-order valence-electron chi connectivity index (χ3n) is 4.39. The molecule has 5 N–H and O–H groups in total. The predicted octanol–water partition coefficient (Wildman–Crippen LogP) is 3.85. The average Bonchev–Trinajstić information content (AvgIpc) is 3.41. The van der Waals surface area contributed by atoms with Gasteiger partial charge < -0.3 is 15.7 Å². The fraction of sp³-hybridized carbons (Fsp3) is 0.100. The van der Waals surface area contributed by atoms with Crippen molar-refractivity contribution in [2.24, 2.45) is 5.14 Å². The molecule has 0 bridgehead atoms. The minimum atomic E-state index is -0.976. The van der Waals surface area contributed by atoms with Crippen molar-refractivity contribution in [1.82, 2.24) is 15.1 Å². The molecule has 0 fully saturated rings. The second kappa shape index (κ2) is 8.64. The lowest BCUT2D eigenvalue weighted by molar-refractivity contribution is -0.133. The predicted molar refractivity (Wildman–Crippen MR) is 117 cm³/mol. The van der Waals surface area contributed by atoms with Gasteiger partial charge in [-0.15, -0.1) is 0 Å². The number of nitrogens with two attached hydrogens (primary N) is 1. The van der Waals surface area contributed by atoms with Crippen molar-refractivity contribution in [3.63, 3.8) is 0 Å². The number of rotatable bonds is 7. The van der Waals surface area contributed by atoms with Crippen molar-refractivity contribution in [2.75, 3.05) is 5.32 Å². The topological polar surface area (TPSA) is 105 Å². The fourth-order valence-electron chi connectivity index (χ4n) is 2.94. The number of anilines is 1. The van der Waals surface area contributed by atoms with E-state index in [-0.39, 0.29) is 11.2 Å². The van der Waals surface area contributed by atoms with E-state index < -0.39 is 5.97 Å². The molecule has 0 saturated carbocycles. The van der Waals surface area contributed by atoms with Crippen molar-refractivity contribution >= 4 is 35.4 Å². The van der Waals surface area contributed by atoms with Gasteiger partial charge in [-0.05, 0) is 36.2 Å². The van der Waals surface area contributed by atoms with Crippen LogP contribution in [-0.2, 0) is 11.3 Å². The number of benzene rings is 2. The van der Waals surface area contributed by atoms with Crippen LogP contribution < -0.4 is 15.8 Å². The molecule has 7 nitrogen and oxygen atoms in total. The Balaban J connectivity index is 1.57. The zero-order chi connectivity index (χ0) is 20.2. The van der Waals surface area contributed by atoms with E-state index in [4.69, 9.17) is 10.2 Å². The van der Waals surface area contributed by atoms with Gasteiger partial charge in [0.25, 0.3) is 0 Å². The van der Waals surface area contributed by atoms with E-state index in [1.54, 1.807) is 10.1 Å². The molecular weight excluding hydrogens is 406 g/mol. The SMILES string of the molecule is NSc1ccc(NCc2cn(C3NC(C(=O)O)=CS3)nc2-c2ccccc2)cc1. The largest absolute Gasteiger partial charge is 0.477 e. The summed E-state index contributed by atoms with van der Waals surface area (Å²) in [6, 6.07) is 17.8. The molecule has 29 heavy (non-hydrogen) atoms. The molecule has 9 heteroatoms. The standard InChI is InChI=1S/C20H19N5O2S2/c21-29-16-8-6-15(7-9-16)22-10-14-11-25(20-23-17(12-28-20)19(26)27)24-18(14)13-4-2-1-3-5-13/h1-9,11-12,20,22-23H,10,21H2,(H,26,27). The van der Waals surface area contributed by atoms with Gasteiger partial charge in [-0.1, -0.05) is 42.1 Å². The summed E-state index contributed by atoms with van der Waals surface area (Å²) in [6.07, 6.45) is 1.95. The summed E-state index contributed by atoms with van der Waals surface area (Å²) in [5.74, 6) is -0.976. The first-order valence-electron chi connectivity index (χ1n) is 8.83. The van der Waals surface area contributed by atoms with Crippen LogP contribution in [0, 0.1) is 0 Å². The van der Waals surface area contributed by atoms with Gasteiger partial charge in [-0.3, -0.25) is 5.14 Å². The van der Waals surface area contributed by atoms with Crippen molar-refractivity contribution < 1.29 is 9.90 Å². The summed E-state index contributed by atoms with van der Waals surface area (Å²) < 4.78 is 1.77. The number of carbonyl (C=O) groups is 1. The first kappa shape index (κ1) is 19.4. The van der Waals surface area contributed by atoms with Crippen molar-refractivity contribution in [1.29, 1.82) is 0 Å². The highest BCUT2D eigenvalue weighted by atomic mass is 32.2. The van der Waals surface area contributed by atoms with Gasteiger partial charge in [0.05, 0.1) is 5.69 Å². The molecule has 0 radical (unpaired) electrons. The molecule has 3 aromatic rings. The van der Waals surface area contributed by atoms with E-state index in [2.05, 4.69) is 10.6 Å². The summed E-state index contributed by atoms with van der Waals surface area (Å²) in [5.41, 5.74) is 3.75. The Kier molecular flexibility index (Phi) is 5.79. The highest BCUT2D eigenvalue weighted by molar-refractivity contribution is 8.02. The molecular formula is C20H19N5O2S2. The molecule has 2 aromatic carbocycles. The lowest BCUT2D eigenvalue weighted by Gasteiger charge is -2.11. The van der Waals surface area contributed by atoms with Crippen LogP contribution in [0.25, 0.3) is 11.3 Å². The molecule has 0 aliphatic carbocycles. The van der Waals surface area contributed by atoms with Crippen molar-refractivity contribution in [3.05, 3.63) is 77.5 Å². The second-order valence-electron chi connectivity index (χ2n) is 6.31. The number of hydrogen-bond acceptors (Lipinski definition) is 7. The zero-order valence-electron chi connectivity index (χ0n) is 15.3. The lowest BCUT2D eigenvalue weighted by atomic mass is 10.1. The third kappa shape index (κ3) is 4.42. The molecule has 0 saturated heterocycles. The molecule has 1 aliphatic heterocycles. The van der Waals surface area contributed by atoms with Crippen LogP contribution >= 0.6 is 23.7 Å². The van der Waals surface area contributed by atoms with Crippen LogP contribution in [0.3, 0.4) is 0 Å². The summed E-state index contributed by atoms with van der Waals surface area (Å²) in [4.78, 5) is 12.2. The molecule has 2 heterocycles. The number of aliphatic carboxylic acids is 1. The highest BCUT2D eigenvalue weighted by Crippen LogP contribution is 2.32. The van der Waals surface area contributed by atoms with E-state index in [1.807, 2.05) is 60.8 Å². The van der Waals surface area contributed by atoms with Crippen LogP contribution in [-0.4, -0.2) is 20.9 Å². The number of aromatic nitrogens is 2. The molecule has 4 rings (SSSR count). The van der Waals surface area contributed by atoms with Crippen molar-refractivity contribution in [3.8, 4) is 11.3 Å². The number of nitrogens with zero attached hydrogens (tertiary/aromatic N) is 2. The number of carboxylic acids is 1. The highest BCUT2D eigenvalue weighted by Gasteiger charge is 2.24. The molecule has 148 valence electrons. The third-order valence-corrected chi connectivity index (χ3v) is 5.90. The number of nitrogens with one attached hydrogen (secondary N) is 2. The van der Waals surface area contributed by atoms with Gasteiger partial charge in [-0.2, -0.15) is 5.10 Å². The van der Waals surface area contributed by atoms with E-state index in [9.17, 15) is 9.90 Å². The maximum Gasteiger partial charge on any atom is 0.352 e. The lowest BCUT2D eigenvalue weighted by Crippen LogP contribution is -2.23.